The topological polar surface area (TPSA) is 49.3 Å². The predicted molar refractivity (Wildman–Crippen MR) is 51.6 cm³/mol. The average molecular weight is 183 g/mol. The lowest BCUT2D eigenvalue weighted by Gasteiger charge is -1.98. The van der Waals surface area contributed by atoms with E-state index in [1.54, 1.807) is 6.08 Å². The van der Waals surface area contributed by atoms with Gasteiger partial charge in [0.05, 0.1) is 0 Å². The van der Waals surface area contributed by atoms with Crippen LogP contribution in [0.1, 0.15) is 26.2 Å². The summed E-state index contributed by atoms with van der Waals surface area (Å²) >= 11 is 0. The van der Waals surface area contributed by atoms with Gasteiger partial charge in [-0.05, 0) is 18.8 Å². The van der Waals surface area contributed by atoms with Gasteiger partial charge in [0.25, 0.3) is 0 Å². The quantitative estimate of drug-likeness (QED) is 0.612. The highest BCUT2D eigenvalue weighted by Crippen LogP contribution is 2.34. The first-order valence-corrected chi connectivity index (χ1v) is 4.87. The second-order valence-corrected chi connectivity index (χ2v) is 3.54. The maximum absolute atomic E-state index is 10.1. The fraction of sp³-hybridized carbons (Fsp3) is 0.700. The smallest absolute Gasteiger partial charge is 0.328 e. The van der Waals surface area contributed by atoms with Crippen LogP contribution in [0.5, 0.6) is 0 Å². The van der Waals surface area contributed by atoms with Gasteiger partial charge in [-0.25, -0.2) is 4.79 Å². The number of carbonyl (C=O) groups is 1. The van der Waals surface area contributed by atoms with Gasteiger partial charge in [0.1, 0.15) is 0 Å². The van der Waals surface area contributed by atoms with Crippen LogP contribution >= 0.6 is 0 Å². The Morgan fingerprint density at radius 1 is 1.69 bits per heavy atom. The van der Waals surface area contributed by atoms with E-state index in [0.29, 0.717) is 12.6 Å². The molecule has 2 atom stereocenters. The Balaban J connectivity index is 1.99. The molecule has 1 saturated carbocycles. The summed E-state index contributed by atoms with van der Waals surface area (Å²) in [6.07, 6.45) is 6.64. The summed E-state index contributed by atoms with van der Waals surface area (Å²) in [5, 5.41) is 11.6. The van der Waals surface area contributed by atoms with Gasteiger partial charge in [-0.3, -0.25) is 0 Å². The van der Waals surface area contributed by atoms with Gasteiger partial charge in [0.15, 0.2) is 0 Å². The number of hydrogen-bond acceptors (Lipinski definition) is 2. The van der Waals surface area contributed by atoms with Crippen molar-refractivity contribution in [3.63, 3.8) is 0 Å². The highest BCUT2D eigenvalue weighted by molar-refractivity contribution is 5.79. The van der Waals surface area contributed by atoms with E-state index in [9.17, 15) is 4.79 Å². The molecule has 1 aliphatic carbocycles. The van der Waals surface area contributed by atoms with Gasteiger partial charge >= 0.3 is 5.97 Å². The highest BCUT2D eigenvalue weighted by Gasteiger charge is 2.34. The number of hydrogen-bond donors (Lipinski definition) is 2. The van der Waals surface area contributed by atoms with Gasteiger partial charge in [0.2, 0.25) is 0 Å². The Morgan fingerprint density at radius 2 is 2.46 bits per heavy atom. The van der Waals surface area contributed by atoms with Crippen molar-refractivity contribution >= 4 is 5.97 Å². The van der Waals surface area contributed by atoms with Crippen molar-refractivity contribution in [1.82, 2.24) is 5.32 Å². The molecular weight excluding hydrogens is 166 g/mol. The monoisotopic (exact) mass is 183 g/mol. The summed E-state index contributed by atoms with van der Waals surface area (Å²) < 4.78 is 0. The summed E-state index contributed by atoms with van der Waals surface area (Å²) in [5.41, 5.74) is 0. The minimum atomic E-state index is -0.872. The van der Waals surface area contributed by atoms with Crippen LogP contribution in [-0.4, -0.2) is 23.7 Å². The summed E-state index contributed by atoms with van der Waals surface area (Å²) in [5.74, 6) is -0.0362. The van der Waals surface area contributed by atoms with E-state index in [4.69, 9.17) is 5.11 Å². The predicted octanol–water partition coefficient (Wildman–Crippen LogP) is 1.41. The Morgan fingerprint density at radius 3 is 3.08 bits per heavy atom. The molecule has 0 spiro atoms. The van der Waals surface area contributed by atoms with Gasteiger partial charge in [-0.15, -0.1) is 0 Å². The van der Waals surface area contributed by atoms with Crippen LogP contribution < -0.4 is 5.32 Å². The third-order valence-electron chi connectivity index (χ3n) is 2.34. The molecule has 1 aliphatic rings. The lowest BCUT2D eigenvalue weighted by atomic mass is 10.2. The maximum atomic E-state index is 10.1. The molecule has 0 radical (unpaired) electrons. The zero-order valence-corrected chi connectivity index (χ0v) is 7.99. The largest absolute Gasteiger partial charge is 0.478 e. The van der Waals surface area contributed by atoms with Crippen LogP contribution in [0.2, 0.25) is 0 Å². The second kappa shape index (κ2) is 5.02. The molecule has 0 aromatic heterocycles. The van der Waals surface area contributed by atoms with Crippen molar-refractivity contribution in [1.29, 1.82) is 0 Å². The van der Waals surface area contributed by atoms with Crippen LogP contribution in [0.3, 0.4) is 0 Å². The fourth-order valence-corrected chi connectivity index (χ4v) is 1.57. The van der Waals surface area contributed by atoms with Crippen LogP contribution in [0.4, 0.5) is 0 Å². The SMILES string of the molecule is CCCC1CC1NC/C=C/C(=O)O. The molecule has 13 heavy (non-hydrogen) atoms. The van der Waals surface area contributed by atoms with Gasteiger partial charge < -0.3 is 10.4 Å². The van der Waals surface area contributed by atoms with E-state index in [0.717, 1.165) is 5.92 Å². The average Bonchev–Trinajstić information content (AvgIpc) is 2.78. The van der Waals surface area contributed by atoms with E-state index in [2.05, 4.69) is 12.2 Å². The second-order valence-electron chi connectivity index (χ2n) is 3.54. The van der Waals surface area contributed by atoms with Crippen molar-refractivity contribution in [3.05, 3.63) is 12.2 Å². The minimum absolute atomic E-state index is 0.637. The molecule has 74 valence electrons. The molecule has 3 heteroatoms. The number of nitrogens with one attached hydrogen (secondary N) is 1. The third-order valence-corrected chi connectivity index (χ3v) is 2.34. The molecule has 2 N–H and O–H groups in total. The van der Waals surface area contributed by atoms with Gasteiger partial charge in [0, 0.05) is 18.7 Å². The molecule has 0 bridgehead atoms. The lowest BCUT2D eigenvalue weighted by Crippen LogP contribution is -2.18. The van der Waals surface area contributed by atoms with Crippen molar-refractivity contribution in [3.8, 4) is 0 Å². The third kappa shape index (κ3) is 4.08. The molecule has 3 nitrogen and oxygen atoms in total. The molecule has 2 unspecified atom stereocenters. The Hall–Kier alpha value is -0.830. The van der Waals surface area contributed by atoms with Crippen LogP contribution in [0.25, 0.3) is 0 Å². The van der Waals surface area contributed by atoms with E-state index in [1.807, 2.05) is 0 Å². The zero-order valence-electron chi connectivity index (χ0n) is 7.99. The summed E-state index contributed by atoms with van der Waals surface area (Å²) in [4.78, 5) is 10.1. The van der Waals surface area contributed by atoms with Crippen LogP contribution in [0, 0.1) is 5.92 Å². The first-order chi connectivity index (χ1) is 6.24. The van der Waals surface area contributed by atoms with E-state index in [-0.39, 0.29) is 0 Å². The minimum Gasteiger partial charge on any atom is -0.478 e. The summed E-state index contributed by atoms with van der Waals surface area (Å²) in [7, 11) is 0. The fourth-order valence-electron chi connectivity index (χ4n) is 1.57. The highest BCUT2D eigenvalue weighted by atomic mass is 16.4. The molecule has 1 fully saturated rings. The summed E-state index contributed by atoms with van der Waals surface area (Å²) in [6, 6.07) is 0.637. The first-order valence-electron chi connectivity index (χ1n) is 4.87. The molecule has 1 rings (SSSR count). The number of carboxylic acid groups (broad SMARTS) is 1. The van der Waals surface area contributed by atoms with Gasteiger partial charge in [-0.1, -0.05) is 19.4 Å². The number of rotatable bonds is 6. The number of aliphatic carboxylic acids is 1. The molecule has 0 aromatic rings. The normalized spacial score (nSPS) is 26.5. The van der Waals surface area contributed by atoms with Crippen molar-refractivity contribution < 1.29 is 9.90 Å². The Bertz CT molecular complexity index is 201. The lowest BCUT2D eigenvalue weighted by molar-refractivity contribution is -0.131. The van der Waals surface area contributed by atoms with E-state index in [1.165, 1.54) is 25.3 Å². The molecule has 0 heterocycles. The summed E-state index contributed by atoms with van der Waals surface area (Å²) in [6.45, 7) is 2.87. The van der Waals surface area contributed by atoms with E-state index >= 15 is 0 Å². The molecular formula is C10H17NO2. The molecule has 0 amide bonds. The first kappa shape index (κ1) is 10.3. The van der Waals surface area contributed by atoms with Crippen molar-refractivity contribution in [2.24, 2.45) is 5.92 Å². The molecule has 0 saturated heterocycles. The van der Waals surface area contributed by atoms with Crippen LogP contribution in [-0.2, 0) is 4.79 Å². The Kier molecular flexibility index (Phi) is 3.96. The van der Waals surface area contributed by atoms with Crippen molar-refractivity contribution in [2.45, 2.75) is 32.2 Å². The van der Waals surface area contributed by atoms with Gasteiger partial charge in [-0.2, -0.15) is 0 Å². The molecule has 0 aliphatic heterocycles. The zero-order chi connectivity index (χ0) is 9.68. The molecule has 0 aromatic carbocycles. The van der Waals surface area contributed by atoms with E-state index < -0.39 is 5.97 Å². The maximum Gasteiger partial charge on any atom is 0.328 e. The van der Waals surface area contributed by atoms with Crippen molar-refractivity contribution in [2.75, 3.05) is 6.54 Å². The Labute approximate surface area is 78.8 Å². The number of carboxylic acids is 1. The van der Waals surface area contributed by atoms with Crippen LogP contribution in [0.15, 0.2) is 12.2 Å². The standard InChI is InChI=1S/C10H17NO2/c1-2-4-8-7-9(8)11-6-3-5-10(12)13/h3,5,8-9,11H,2,4,6-7H2,1H3,(H,12,13)/b5-3+.